The van der Waals surface area contributed by atoms with Gasteiger partial charge in [-0.3, -0.25) is 9.28 Å². The van der Waals surface area contributed by atoms with Crippen LogP contribution in [0.25, 0.3) is 0 Å². The Labute approximate surface area is 310 Å². The lowest BCUT2D eigenvalue weighted by molar-refractivity contribution is -0.944. The third-order valence-electron chi connectivity index (χ3n) is 8.18. The molecule has 3 unspecified atom stereocenters. The second kappa shape index (κ2) is 24.9. The third kappa shape index (κ3) is 21.8. The molecule has 0 saturated heterocycles. The van der Waals surface area contributed by atoms with Gasteiger partial charge in [-0.1, -0.05) is 19.7 Å². The second-order valence-corrected chi connectivity index (χ2v) is 13.3. The van der Waals surface area contributed by atoms with Crippen molar-refractivity contribution in [1.29, 1.82) is 0 Å². The summed E-state index contributed by atoms with van der Waals surface area (Å²) in [5, 5.41) is 39.2. The Morgan fingerprint density at radius 2 is 1.13 bits per heavy atom. The number of rotatable bonds is 32. The fraction of sp³-hybridized carbons (Fsp3) is 0.647. The number of ether oxygens (including phenoxy) is 3. The number of amides is 1. The number of likely N-dealkylation sites (N-methyl/N-ethyl adjacent to an activating group) is 1. The van der Waals surface area contributed by atoms with Crippen LogP contribution in [0.1, 0.15) is 20.8 Å². The molecule has 0 fully saturated rings. The van der Waals surface area contributed by atoms with E-state index in [1.807, 2.05) is 0 Å². The lowest BCUT2D eigenvalue weighted by atomic mass is 10.3. The fourth-order valence-corrected chi connectivity index (χ4v) is 5.04. The first kappa shape index (κ1) is 48.8. The smallest absolute Gasteiger partial charge is 0.560 e. The molecule has 0 saturated carbocycles. The van der Waals surface area contributed by atoms with Gasteiger partial charge in [0.1, 0.15) is 72.3 Å². The van der Waals surface area contributed by atoms with Gasteiger partial charge in [0.2, 0.25) is 12.5 Å². The van der Waals surface area contributed by atoms with Crippen molar-refractivity contribution in [3.05, 3.63) is 36.5 Å². The zero-order valence-electron chi connectivity index (χ0n) is 31.5. The molecule has 19 heteroatoms. The number of hydrogen-bond acceptors (Lipinski definition) is 12. The number of esters is 2. The number of aliphatic hydroxyl groups is 1. The minimum atomic E-state index is -1.16. The summed E-state index contributed by atoms with van der Waals surface area (Å²) < 4.78 is 15.9. The van der Waals surface area contributed by atoms with Crippen LogP contribution in [-0.4, -0.2) is 195 Å². The Morgan fingerprint density at radius 1 is 0.642 bits per heavy atom. The molecule has 0 aliphatic carbocycles. The molecule has 3 atom stereocenters. The number of nitrogens with zero attached hydrogens (tertiary/aromatic N) is 3. The van der Waals surface area contributed by atoms with Crippen LogP contribution in [0.2, 0.25) is 0 Å². The summed E-state index contributed by atoms with van der Waals surface area (Å²) in [6, 6.07) is 0. The van der Waals surface area contributed by atoms with Crippen LogP contribution < -0.4 is 5.32 Å². The van der Waals surface area contributed by atoms with Gasteiger partial charge in [0.25, 0.3) is 0 Å². The van der Waals surface area contributed by atoms with Gasteiger partial charge in [-0.25, -0.2) is 29.0 Å². The zero-order valence-corrected chi connectivity index (χ0v) is 31.5. The SMILES string of the molecule is C=C(C)C(=O)NCC[N+](C)(CCOOCC[N+](CCOC[N+](CCO)(CCOC(=O)C(=C)C)CC(=O)[OH2+])(CCOC(=O)C(=C)C)CC(=O)O)CC(=O)O. The minimum absolute atomic E-state index is 0.000240. The predicted molar refractivity (Wildman–Crippen MR) is 188 cm³/mol. The van der Waals surface area contributed by atoms with Crippen LogP contribution >= 0.6 is 0 Å². The van der Waals surface area contributed by atoms with E-state index in [0.29, 0.717) is 5.57 Å². The van der Waals surface area contributed by atoms with E-state index in [1.165, 1.54) is 13.8 Å². The molecule has 0 rings (SSSR count). The van der Waals surface area contributed by atoms with Gasteiger partial charge >= 0.3 is 29.8 Å². The van der Waals surface area contributed by atoms with E-state index in [9.17, 15) is 44.1 Å². The summed E-state index contributed by atoms with van der Waals surface area (Å²) in [4.78, 5) is 82.0. The lowest BCUT2D eigenvalue weighted by Gasteiger charge is -2.38. The standard InChI is InChI=1S/C34H56N4O15/c1-26(2)32(46)35-8-9-36(7,22-29(40)41)11-20-52-53-21-15-37(23-30(42)43,13-18-50-33(47)27(3)4)12-17-49-25-38(10-16-39,24-31(44)45)14-19-51-34(48)28(5)6/h39H,1,3,5,8-25H2,2,4,6-7H3,(H-3,35,40,41,42,43,44,45,46)/p+4. The van der Waals surface area contributed by atoms with Crippen LogP contribution in [0.4, 0.5) is 0 Å². The first-order valence-electron chi connectivity index (χ1n) is 16.9. The summed E-state index contributed by atoms with van der Waals surface area (Å²) >= 11 is 0. The predicted octanol–water partition coefficient (Wildman–Crippen LogP) is -1.67. The van der Waals surface area contributed by atoms with Gasteiger partial charge in [0.05, 0.1) is 26.7 Å². The lowest BCUT2D eigenvalue weighted by Crippen LogP contribution is -2.58. The second-order valence-electron chi connectivity index (χ2n) is 13.3. The molecule has 0 aliphatic heterocycles. The molecule has 0 aromatic heterocycles. The molecule has 302 valence electrons. The van der Waals surface area contributed by atoms with Crippen LogP contribution in [-0.2, 0) is 52.8 Å². The van der Waals surface area contributed by atoms with Gasteiger partial charge in [0.15, 0.2) is 19.8 Å². The summed E-state index contributed by atoms with van der Waals surface area (Å²) in [5.74, 6) is -4.79. The third-order valence-corrected chi connectivity index (χ3v) is 8.18. The highest BCUT2D eigenvalue weighted by Gasteiger charge is 2.36. The van der Waals surface area contributed by atoms with Gasteiger partial charge in [-0.2, -0.15) is 0 Å². The molecule has 0 aromatic carbocycles. The van der Waals surface area contributed by atoms with Crippen molar-refractivity contribution in [1.82, 2.24) is 5.32 Å². The molecule has 0 heterocycles. The molecule has 6 N–H and O–H groups in total. The Balaban J connectivity index is 5.73. The quantitative estimate of drug-likeness (QED) is 0.00876. The van der Waals surface area contributed by atoms with Crippen LogP contribution in [0, 0.1) is 0 Å². The van der Waals surface area contributed by atoms with Crippen LogP contribution in [0.3, 0.4) is 0 Å². The molecule has 0 spiro atoms. The Kier molecular flexibility index (Phi) is 22.9. The monoisotopic (exact) mass is 764 g/mol. The van der Waals surface area contributed by atoms with E-state index in [1.54, 1.807) is 14.0 Å². The number of carbonyl (C=O) groups is 6. The molecule has 0 aromatic rings. The topological polar surface area (TPSA) is 244 Å². The highest BCUT2D eigenvalue weighted by molar-refractivity contribution is 5.92. The molecule has 0 bridgehead atoms. The van der Waals surface area contributed by atoms with E-state index in [0.717, 1.165) is 0 Å². The number of carboxylic acid groups (broad SMARTS) is 2. The van der Waals surface area contributed by atoms with Gasteiger partial charge in [-0.15, -0.1) is 0 Å². The van der Waals surface area contributed by atoms with Crippen molar-refractivity contribution < 1.29 is 86.6 Å². The number of carbonyl (C=O) groups excluding carboxylic acids is 4. The Bertz CT molecular complexity index is 1290. The number of nitrogens with one attached hydrogen (secondary N) is 1. The molecule has 1 amide bonds. The molecule has 0 aliphatic rings. The molecule has 53 heavy (non-hydrogen) atoms. The van der Waals surface area contributed by atoms with Gasteiger partial charge in [0, 0.05) is 21.5 Å². The average molecular weight is 765 g/mol. The van der Waals surface area contributed by atoms with E-state index in [2.05, 4.69) is 25.1 Å². The number of hydrogen-bond donors (Lipinski definition) is 4. The van der Waals surface area contributed by atoms with E-state index in [-0.39, 0.29) is 142 Å². The Morgan fingerprint density at radius 3 is 1.60 bits per heavy atom. The van der Waals surface area contributed by atoms with Crippen molar-refractivity contribution in [3.63, 3.8) is 0 Å². The Hall–Kier alpha value is -4.24. The summed E-state index contributed by atoms with van der Waals surface area (Å²) in [6.07, 6.45) is 0. The number of carboxylic acids is 2. The van der Waals surface area contributed by atoms with Gasteiger partial charge in [-0.05, 0) is 20.8 Å². The molecule has 0 radical (unpaired) electrons. The normalized spacial score (nSPS) is 14.4. The van der Waals surface area contributed by atoms with Crippen molar-refractivity contribution in [2.45, 2.75) is 20.8 Å². The van der Waals surface area contributed by atoms with Crippen LogP contribution in [0.15, 0.2) is 36.5 Å². The maximum absolute atomic E-state index is 12.1. The van der Waals surface area contributed by atoms with Crippen molar-refractivity contribution in [3.8, 4) is 0 Å². The van der Waals surface area contributed by atoms with Gasteiger partial charge < -0.3 is 48.9 Å². The highest BCUT2D eigenvalue weighted by Crippen LogP contribution is 2.12. The number of aliphatic hydroxyl groups excluding tert-OH is 1. The van der Waals surface area contributed by atoms with E-state index in [4.69, 9.17) is 29.1 Å². The molecular weight excluding hydrogens is 704 g/mol. The first-order valence-corrected chi connectivity index (χ1v) is 16.9. The van der Waals surface area contributed by atoms with E-state index < -0.39 is 36.4 Å². The number of quaternary nitrogens is 3. The minimum Gasteiger partial charge on any atom is -0.560 e. The fourth-order valence-electron chi connectivity index (χ4n) is 5.04. The highest BCUT2D eigenvalue weighted by atomic mass is 17.2. The summed E-state index contributed by atoms with van der Waals surface area (Å²) in [7, 11) is 1.69. The summed E-state index contributed by atoms with van der Waals surface area (Å²) in [6.45, 7) is 13.9. The first-order chi connectivity index (χ1) is 24.7. The molecule has 19 nitrogen and oxygen atoms in total. The van der Waals surface area contributed by atoms with E-state index >= 15 is 0 Å². The van der Waals surface area contributed by atoms with Crippen molar-refractivity contribution in [2.75, 3.05) is 125 Å². The number of aliphatic carboxylic acids is 2. The molecular formula is C34H60N4O15+4. The maximum Gasteiger partial charge on any atom is 0.571 e. The largest absolute Gasteiger partial charge is 0.571 e. The van der Waals surface area contributed by atoms with Crippen molar-refractivity contribution in [2.24, 2.45) is 0 Å². The van der Waals surface area contributed by atoms with Crippen LogP contribution in [0.5, 0.6) is 0 Å². The average Bonchev–Trinajstić information content (AvgIpc) is 3.03. The van der Waals surface area contributed by atoms with Crippen molar-refractivity contribution >= 4 is 35.8 Å². The maximum atomic E-state index is 12.1. The summed E-state index contributed by atoms with van der Waals surface area (Å²) in [5.41, 5.74) is 0.648. The zero-order chi connectivity index (χ0) is 40.7.